The predicted octanol–water partition coefficient (Wildman–Crippen LogP) is 4.51. The Labute approximate surface area is 133 Å². The molecule has 2 nitrogen and oxygen atoms in total. The van der Waals surface area contributed by atoms with E-state index in [1.807, 2.05) is 31.2 Å². The van der Waals surface area contributed by atoms with Crippen LogP contribution < -0.4 is 4.74 Å². The molecule has 3 rings (SSSR count). The Bertz CT molecular complexity index is 692. The molecule has 0 aliphatic carbocycles. The van der Waals surface area contributed by atoms with Gasteiger partial charge in [-0.15, -0.1) is 0 Å². The maximum absolute atomic E-state index is 12.4. The lowest BCUT2D eigenvalue weighted by molar-refractivity contribution is 0.0982. The highest BCUT2D eigenvalue weighted by Gasteiger charge is 2.13. The third-order valence-corrected chi connectivity index (χ3v) is 4.39. The number of halogens is 1. The van der Waals surface area contributed by atoms with Crippen molar-refractivity contribution in [3.05, 3.63) is 63.1 Å². The molecule has 0 spiro atoms. The molecule has 0 N–H and O–H groups in total. The molecule has 0 aromatic heterocycles. The van der Waals surface area contributed by atoms with E-state index in [1.165, 1.54) is 11.1 Å². The van der Waals surface area contributed by atoms with Gasteiger partial charge >= 0.3 is 0 Å². The average molecular weight is 345 g/mol. The van der Waals surface area contributed by atoms with Crippen LogP contribution in [0.5, 0.6) is 5.75 Å². The molecular formula is C18H17BrO2. The molecule has 0 radical (unpaired) electrons. The van der Waals surface area contributed by atoms with Crippen molar-refractivity contribution in [1.82, 2.24) is 0 Å². The lowest BCUT2D eigenvalue weighted by atomic mass is 9.98. The summed E-state index contributed by atoms with van der Waals surface area (Å²) in [7, 11) is 0. The van der Waals surface area contributed by atoms with Crippen molar-refractivity contribution in [1.29, 1.82) is 0 Å². The summed E-state index contributed by atoms with van der Waals surface area (Å²) in [6, 6.07) is 12.1. The molecule has 0 saturated carbocycles. The lowest BCUT2D eigenvalue weighted by Crippen LogP contribution is -2.03. The zero-order valence-corrected chi connectivity index (χ0v) is 13.6. The monoisotopic (exact) mass is 344 g/mol. The highest BCUT2D eigenvalue weighted by Crippen LogP contribution is 2.26. The van der Waals surface area contributed by atoms with E-state index in [0.29, 0.717) is 6.42 Å². The quantitative estimate of drug-likeness (QED) is 0.763. The highest BCUT2D eigenvalue weighted by atomic mass is 79.9. The van der Waals surface area contributed by atoms with E-state index in [0.717, 1.165) is 40.8 Å². The number of hydrogen-bond donors (Lipinski definition) is 0. The van der Waals surface area contributed by atoms with Gasteiger partial charge in [-0.05, 0) is 48.2 Å². The number of ether oxygens (including phenoxy) is 1. The van der Waals surface area contributed by atoms with Gasteiger partial charge in [-0.2, -0.15) is 0 Å². The zero-order chi connectivity index (χ0) is 14.8. The Morgan fingerprint density at radius 2 is 2.10 bits per heavy atom. The largest absolute Gasteiger partial charge is 0.493 e. The Morgan fingerprint density at radius 1 is 1.24 bits per heavy atom. The van der Waals surface area contributed by atoms with E-state index < -0.39 is 0 Å². The summed E-state index contributed by atoms with van der Waals surface area (Å²) in [4.78, 5) is 12.4. The number of Topliss-reactive ketones (excluding diaryl/α,β-unsaturated/α-hetero) is 1. The van der Waals surface area contributed by atoms with E-state index in [2.05, 4.69) is 28.1 Å². The molecule has 0 unspecified atom stereocenters. The van der Waals surface area contributed by atoms with Crippen LogP contribution in [-0.4, -0.2) is 12.4 Å². The molecule has 2 aromatic carbocycles. The smallest absolute Gasteiger partial charge is 0.163 e. The number of aryl methyl sites for hydroxylation is 2. The van der Waals surface area contributed by atoms with Crippen molar-refractivity contribution in [3.8, 4) is 5.75 Å². The molecule has 1 aliphatic rings. The van der Waals surface area contributed by atoms with E-state index in [9.17, 15) is 4.79 Å². The van der Waals surface area contributed by atoms with Gasteiger partial charge in [0.2, 0.25) is 0 Å². The Hall–Kier alpha value is -1.61. The summed E-state index contributed by atoms with van der Waals surface area (Å²) in [5.74, 6) is 1.19. The van der Waals surface area contributed by atoms with Crippen molar-refractivity contribution < 1.29 is 9.53 Å². The maximum Gasteiger partial charge on any atom is 0.163 e. The first kappa shape index (κ1) is 14.3. The number of benzene rings is 2. The lowest BCUT2D eigenvalue weighted by Gasteiger charge is -2.07. The fraction of sp³-hybridized carbons (Fsp3) is 0.278. The van der Waals surface area contributed by atoms with Crippen LogP contribution in [0.3, 0.4) is 0 Å². The van der Waals surface area contributed by atoms with Gasteiger partial charge in [-0.1, -0.05) is 34.1 Å². The van der Waals surface area contributed by atoms with E-state index in [1.54, 1.807) is 0 Å². The Balaban J connectivity index is 1.70. The fourth-order valence-corrected chi connectivity index (χ4v) is 3.04. The fourth-order valence-electron chi connectivity index (χ4n) is 2.68. The van der Waals surface area contributed by atoms with Crippen LogP contribution in [0.4, 0.5) is 0 Å². The minimum Gasteiger partial charge on any atom is -0.493 e. The first-order chi connectivity index (χ1) is 10.1. The number of carbonyl (C=O) groups excluding carboxylic acids is 1. The normalized spacial score (nSPS) is 12.9. The molecule has 21 heavy (non-hydrogen) atoms. The van der Waals surface area contributed by atoms with Crippen molar-refractivity contribution >= 4 is 21.7 Å². The van der Waals surface area contributed by atoms with Crippen LogP contribution in [0, 0.1) is 6.92 Å². The number of hydrogen-bond acceptors (Lipinski definition) is 2. The second-order valence-corrected chi connectivity index (χ2v) is 6.34. The number of carbonyl (C=O) groups is 1. The Kier molecular flexibility index (Phi) is 4.11. The van der Waals surface area contributed by atoms with Crippen LogP contribution in [0.25, 0.3) is 0 Å². The molecule has 0 bridgehead atoms. The van der Waals surface area contributed by atoms with E-state index in [4.69, 9.17) is 4.74 Å². The molecular weight excluding hydrogens is 328 g/mol. The number of rotatable bonds is 4. The average Bonchev–Trinajstić information content (AvgIpc) is 2.94. The summed E-state index contributed by atoms with van der Waals surface area (Å²) in [5.41, 5.74) is 4.32. The van der Waals surface area contributed by atoms with Gasteiger partial charge in [0, 0.05) is 22.9 Å². The molecule has 0 fully saturated rings. The van der Waals surface area contributed by atoms with E-state index in [-0.39, 0.29) is 5.78 Å². The SMILES string of the molecule is Cc1ccc(Br)cc1C(=O)CCc1ccc2c(c1)CCO2. The van der Waals surface area contributed by atoms with Gasteiger partial charge in [-0.3, -0.25) is 4.79 Å². The van der Waals surface area contributed by atoms with Gasteiger partial charge < -0.3 is 4.74 Å². The number of ketones is 1. The molecule has 108 valence electrons. The third-order valence-electron chi connectivity index (χ3n) is 3.89. The second-order valence-electron chi connectivity index (χ2n) is 5.42. The predicted molar refractivity (Wildman–Crippen MR) is 87.2 cm³/mol. The second kappa shape index (κ2) is 6.02. The molecule has 1 heterocycles. The zero-order valence-electron chi connectivity index (χ0n) is 12.0. The summed E-state index contributed by atoms with van der Waals surface area (Å²) in [5, 5.41) is 0. The van der Waals surface area contributed by atoms with Crippen LogP contribution in [0.15, 0.2) is 40.9 Å². The van der Waals surface area contributed by atoms with E-state index >= 15 is 0 Å². The molecule has 2 aromatic rings. The van der Waals surface area contributed by atoms with Crippen LogP contribution in [0.1, 0.15) is 33.5 Å². The molecule has 3 heteroatoms. The van der Waals surface area contributed by atoms with Crippen LogP contribution in [0.2, 0.25) is 0 Å². The first-order valence-electron chi connectivity index (χ1n) is 7.17. The van der Waals surface area contributed by atoms with Gasteiger partial charge in [0.25, 0.3) is 0 Å². The summed E-state index contributed by atoms with van der Waals surface area (Å²) < 4.78 is 6.46. The maximum atomic E-state index is 12.4. The Morgan fingerprint density at radius 3 is 2.95 bits per heavy atom. The van der Waals surface area contributed by atoms with Crippen molar-refractivity contribution in [3.63, 3.8) is 0 Å². The molecule has 0 saturated heterocycles. The molecule has 0 atom stereocenters. The van der Waals surface area contributed by atoms with Crippen molar-refractivity contribution in [2.75, 3.05) is 6.61 Å². The summed E-state index contributed by atoms with van der Waals surface area (Å²) >= 11 is 3.43. The van der Waals surface area contributed by atoms with Crippen LogP contribution in [-0.2, 0) is 12.8 Å². The minimum atomic E-state index is 0.200. The first-order valence-corrected chi connectivity index (χ1v) is 7.97. The summed E-state index contributed by atoms with van der Waals surface area (Å²) in [6.45, 7) is 2.75. The van der Waals surface area contributed by atoms with Crippen molar-refractivity contribution in [2.24, 2.45) is 0 Å². The number of fused-ring (bicyclic) bond motifs is 1. The van der Waals surface area contributed by atoms with Gasteiger partial charge in [-0.25, -0.2) is 0 Å². The van der Waals surface area contributed by atoms with Crippen molar-refractivity contribution in [2.45, 2.75) is 26.2 Å². The van der Waals surface area contributed by atoms with Gasteiger partial charge in [0.1, 0.15) is 5.75 Å². The molecule has 0 amide bonds. The topological polar surface area (TPSA) is 26.3 Å². The minimum absolute atomic E-state index is 0.200. The highest BCUT2D eigenvalue weighted by molar-refractivity contribution is 9.10. The molecule has 1 aliphatic heterocycles. The summed E-state index contributed by atoms with van der Waals surface area (Å²) in [6.07, 6.45) is 2.29. The van der Waals surface area contributed by atoms with Gasteiger partial charge in [0.05, 0.1) is 6.61 Å². The van der Waals surface area contributed by atoms with Gasteiger partial charge in [0.15, 0.2) is 5.78 Å². The van der Waals surface area contributed by atoms with Crippen LogP contribution >= 0.6 is 15.9 Å². The third kappa shape index (κ3) is 3.18. The standard InChI is InChI=1S/C18H17BrO2/c1-12-2-5-15(19)11-16(12)17(20)6-3-13-4-7-18-14(10-13)8-9-21-18/h2,4-5,7,10-11H,3,6,8-9H2,1H3.